The van der Waals surface area contributed by atoms with Gasteiger partial charge in [-0.2, -0.15) is 5.10 Å². The number of nitrogens with zero attached hydrogens (tertiary/aromatic N) is 3. The first-order chi connectivity index (χ1) is 14.4. The van der Waals surface area contributed by atoms with Crippen molar-refractivity contribution in [3.63, 3.8) is 0 Å². The maximum absolute atomic E-state index is 12.6. The molecule has 0 atom stereocenters. The van der Waals surface area contributed by atoms with Gasteiger partial charge in [0.1, 0.15) is 0 Å². The average Bonchev–Trinajstić information content (AvgIpc) is 3.31. The molecule has 0 aliphatic heterocycles. The third-order valence-corrected chi connectivity index (χ3v) is 6.09. The molecule has 1 N–H and O–H groups in total. The monoisotopic (exact) mass is 436 g/mol. The van der Waals surface area contributed by atoms with Crippen molar-refractivity contribution in [1.82, 2.24) is 14.8 Å². The Labute approximate surface area is 184 Å². The van der Waals surface area contributed by atoms with Crippen LogP contribution in [-0.4, -0.2) is 20.7 Å². The van der Waals surface area contributed by atoms with Crippen molar-refractivity contribution >= 4 is 34.5 Å². The van der Waals surface area contributed by atoms with E-state index in [1.165, 1.54) is 16.9 Å². The van der Waals surface area contributed by atoms with Crippen LogP contribution in [0.3, 0.4) is 0 Å². The van der Waals surface area contributed by atoms with Gasteiger partial charge in [0.25, 0.3) is 0 Å². The first-order valence-corrected chi connectivity index (χ1v) is 10.8. The van der Waals surface area contributed by atoms with E-state index in [1.54, 1.807) is 12.1 Å². The number of benzene rings is 2. The molecule has 2 aromatic carbocycles. The SMILES string of the molecule is Cc1ccc(-c2csc(-n3nc(C)c(CC(=O)Nc4ccccc4Cl)c3C)n2)cc1. The number of rotatable bonds is 5. The Morgan fingerprint density at radius 1 is 1.10 bits per heavy atom. The molecule has 0 fully saturated rings. The molecule has 0 saturated carbocycles. The predicted molar refractivity (Wildman–Crippen MR) is 123 cm³/mol. The van der Waals surface area contributed by atoms with Crippen LogP contribution >= 0.6 is 22.9 Å². The lowest BCUT2D eigenvalue weighted by Gasteiger charge is -2.07. The van der Waals surface area contributed by atoms with Crippen LogP contribution in [0.15, 0.2) is 53.9 Å². The third kappa shape index (κ3) is 4.15. The second kappa shape index (κ2) is 8.42. The lowest BCUT2D eigenvalue weighted by atomic mass is 10.1. The van der Waals surface area contributed by atoms with Crippen LogP contribution in [0.1, 0.15) is 22.5 Å². The molecule has 2 heterocycles. The van der Waals surface area contributed by atoms with E-state index in [-0.39, 0.29) is 12.3 Å². The quantitative estimate of drug-likeness (QED) is 0.433. The summed E-state index contributed by atoms with van der Waals surface area (Å²) in [5, 5.41) is 10.8. The minimum absolute atomic E-state index is 0.131. The molecule has 4 aromatic rings. The summed E-state index contributed by atoms with van der Waals surface area (Å²) in [6.07, 6.45) is 0.221. The van der Waals surface area contributed by atoms with E-state index in [0.717, 1.165) is 33.3 Å². The molecule has 0 aliphatic rings. The van der Waals surface area contributed by atoms with E-state index >= 15 is 0 Å². The van der Waals surface area contributed by atoms with E-state index in [4.69, 9.17) is 16.6 Å². The zero-order valence-electron chi connectivity index (χ0n) is 16.9. The number of aryl methyl sites for hydroxylation is 2. The van der Waals surface area contributed by atoms with Gasteiger partial charge in [-0.15, -0.1) is 11.3 Å². The van der Waals surface area contributed by atoms with Gasteiger partial charge in [0.15, 0.2) is 0 Å². The number of thiazole rings is 1. The van der Waals surface area contributed by atoms with Crippen molar-refractivity contribution in [2.75, 3.05) is 5.32 Å². The number of carbonyl (C=O) groups excluding carboxylic acids is 1. The number of para-hydroxylation sites is 1. The van der Waals surface area contributed by atoms with E-state index < -0.39 is 0 Å². The maximum Gasteiger partial charge on any atom is 0.228 e. The Kier molecular flexibility index (Phi) is 5.70. The van der Waals surface area contributed by atoms with Crippen LogP contribution in [0.25, 0.3) is 16.4 Å². The van der Waals surface area contributed by atoms with Crippen molar-refractivity contribution < 1.29 is 4.79 Å². The summed E-state index contributed by atoms with van der Waals surface area (Å²) in [5.74, 6) is -0.131. The highest BCUT2D eigenvalue weighted by atomic mass is 35.5. The summed E-state index contributed by atoms with van der Waals surface area (Å²) in [7, 11) is 0. The summed E-state index contributed by atoms with van der Waals surface area (Å²) >= 11 is 7.67. The molecule has 0 spiro atoms. The van der Waals surface area contributed by atoms with Crippen molar-refractivity contribution in [2.45, 2.75) is 27.2 Å². The van der Waals surface area contributed by atoms with Gasteiger partial charge in [-0.05, 0) is 32.9 Å². The van der Waals surface area contributed by atoms with Crippen molar-refractivity contribution in [3.05, 3.63) is 81.4 Å². The number of nitrogens with one attached hydrogen (secondary N) is 1. The third-order valence-electron chi connectivity index (χ3n) is 4.95. The number of anilines is 1. The normalized spacial score (nSPS) is 10.9. The summed E-state index contributed by atoms with van der Waals surface area (Å²) < 4.78 is 1.82. The molecule has 0 aliphatic carbocycles. The van der Waals surface area contributed by atoms with E-state index in [1.807, 2.05) is 36.0 Å². The van der Waals surface area contributed by atoms with E-state index in [2.05, 4.69) is 41.6 Å². The highest BCUT2D eigenvalue weighted by Gasteiger charge is 2.18. The lowest BCUT2D eigenvalue weighted by molar-refractivity contribution is -0.115. The largest absolute Gasteiger partial charge is 0.324 e. The molecule has 2 aromatic heterocycles. The van der Waals surface area contributed by atoms with E-state index in [0.29, 0.717) is 10.7 Å². The first-order valence-electron chi connectivity index (χ1n) is 9.55. The minimum atomic E-state index is -0.131. The second-order valence-electron chi connectivity index (χ2n) is 7.15. The van der Waals surface area contributed by atoms with Gasteiger partial charge in [-0.3, -0.25) is 4.79 Å². The molecule has 0 radical (unpaired) electrons. The number of carbonyl (C=O) groups is 1. The molecule has 5 nitrogen and oxygen atoms in total. The molecule has 152 valence electrons. The topological polar surface area (TPSA) is 59.8 Å². The predicted octanol–water partition coefficient (Wildman–Crippen LogP) is 5.76. The highest BCUT2D eigenvalue weighted by Crippen LogP contribution is 2.27. The van der Waals surface area contributed by atoms with Gasteiger partial charge in [-0.25, -0.2) is 9.67 Å². The van der Waals surface area contributed by atoms with Crippen molar-refractivity contribution in [2.24, 2.45) is 0 Å². The summed E-state index contributed by atoms with van der Waals surface area (Å²) in [6, 6.07) is 15.5. The minimum Gasteiger partial charge on any atom is -0.324 e. The zero-order chi connectivity index (χ0) is 21.3. The Balaban J connectivity index is 1.56. The molecular formula is C23H21ClN4OS. The van der Waals surface area contributed by atoms with Crippen LogP contribution in [0.5, 0.6) is 0 Å². The Morgan fingerprint density at radius 3 is 2.57 bits per heavy atom. The van der Waals surface area contributed by atoms with Crippen molar-refractivity contribution in [1.29, 1.82) is 0 Å². The molecular weight excluding hydrogens is 416 g/mol. The average molecular weight is 437 g/mol. The Hall–Kier alpha value is -2.96. The number of halogens is 1. The van der Waals surface area contributed by atoms with Gasteiger partial charge in [0.05, 0.1) is 28.5 Å². The fourth-order valence-electron chi connectivity index (χ4n) is 3.25. The van der Waals surface area contributed by atoms with Crippen LogP contribution in [0.4, 0.5) is 5.69 Å². The van der Waals surface area contributed by atoms with Crippen LogP contribution in [-0.2, 0) is 11.2 Å². The lowest BCUT2D eigenvalue weighted by Crippen LogP contribution is -2.15. The summed E-state index contributed by atoms with van der Waals surface area (Å²) in [6.45, 7) is 5.94. The number of amides is 1. The first kappa shape index (κ1) is 20.3. The standard InChI is InChI=1S/C23H21ClN4OS/c1-14-8-10-17(11-9-14)21-13-30-23(26-21)28-16(3)18(15(2)27-28)12-22(29)25-20-7-5-4-6-19(20)24/h4-11,13H,12H2,1-3H3,(H,25,29). The van der Waals surface area contributed by atoms with Gasteiger partial charge >= 0.3 is 0 Å². The summed E-state index contributed by atoms with van der Waals surface area (Å²) in [4.78, 5) is 17.3. The molecule has 0 unspecified atom stereocenters. The fourth-order valence-corrected chi connectivity index (χ4v) is 4.27. The molecule has 7 heteroatoms. The number of aromatic nitrogens is 3. The van der Waals surface area contributed by atoms with Crippen molar-refractivity contribution in [3.8, 4) is 16.4 Å². The van der Waals surface area contributed by atoms with Gasteiger partial charge < -0.3 is 5.32 Å². The van der Waals surface area contributed by atoms with E-state index in [9.17, 15) is 4.79 Å². The van der Waals surface area contributed by atoms with Gasteiger partial charge in [0, 0.05) is 22.2 Å². The highest BCUT2D eigenvalue weighted by molar-refractivity contribution is 7.12. The van der Waals surface area contributed by atoms with Crippen LogP contribution < -0.4 is 5.32 Å². The zero-order valence-corrected chi connectivity index (χ0v) is 18.5. The number of hydrogen-bond acceptors (Lipinski definition) is 4. The molecule has 0 saturated heterocycles. The van der Waals surface area contributed by atoms with Gasteiger partial charge in [-0.1, -0.05) is 53.6 Å². The number of hydrogen-bond donors (Lipinski definition) is 1. The van der Waals surface area contributed by atoms with Gasteiger partial charge in [0.2, 0.25) is 11.0 Å². The molecule has 0 bridgehead atoms. The smallest absolute Gasteiger partial charge is 0.228 e. The fraction of sp³-hybridized carbons (Fsp3) is 0.174. The summed E-state index contributed by atoms with van der Waals surface area (Å²) in [5.41, 5.74) is 6.43. The Bertz CT molecular complexity index is 1210. The second-order valence-corrected chi connectivity index (χ2v) is 8.39. The Morgan fingerprint density at radius 2 is 1.83 bits per heavy atom. The molecule has 1 amide bonds. The maximum atomic E-state index is 12.6. The van der Waals surface area contributed by atoms with Crippen LogP contribution in [0.2, 0.25) is 5.02 Å². The molecule has 30 heavy (non-hydrogen) atoms. The van der Waals surface area contributed by atoms with Crippen LogP contribution in [0, 0.1) is 20.8 Å². The molecule has 4 rings (SSSR count).